The van der Waals surface area contributed by atoms with Crippen molar-refractivity contribution in [1.29, 1.82) is 0 Å². The maximum absolute atomic E-state index is 13.6. The first-order chi connectivity index (χ1) is 9.99. The van der Waals surface area contributed by atoms with Crippen LogP contribution in [0.15, 0.2) is 22.7 Å². The van der Waals surface area contributed by atoms with Crippen LogP contribution in [0.2, 0.25) is 0 Å². The third-order valence-electron chi connectivity index (χ3n) is 3.96. The average Bonchev–Trinajstić information content (AvgIpc) is 2.37. The van der Waals surface area contributed by atoms with E-state index in [1.54, 1.807) is 6.07 Å². The van der Waals surface area contributed by atoms with Crippen LogP contribution in [-0.2, 0) is 11.2 Å². The topological polar surface area (TPSA) is 21.3 Å². The van der Waals surface area contributed by atoms with E-state index in [4.69, 9.17) is 4.74 Å². The van der Waals surface area contributed by atoms with E-state index in [1.165, 1.54) is 6.07 Å². The van der Waals surface area contributed by atoms with E-state index < -0.39 is 0 Å². The molecule has 1 fully saturated rings. The van der Waals surface area contributed by atoms with Gasteiger partial charge in [0.25, 0.3) is 0 Å². The number of ether oxygens (including phenoxy) is 1. The zero-order valence-electron chi connectivity index (χ0n) is 12.9. The highest BCUT2D eigenvalue weighted by atomic mass is 79.9. The molecule has 4 heteroatoms. The summed E-state index contributed by atoms with van der Waals surface area (Å²) in [6.45, 7) is 7.96. The van der Waals surface area contributed by atoms with Crippen LogP contribution in [0.5, 0.6) is 0 Å². The molecule has 21 heavy (non-hydrogen) atoms. The summed E-state index contributed by atoms with van der Waals surface area (Å²) in [7, 11) is 0. The summed E-state index contributed by atoms with van der Waals surface area (Å²) in [4.78, 5) is 0. The Kier molecular flexibility index (Phi) is 6.20. The molecule has 0 saturated carbocycles. The van der Waals surface area contributed by atoms with Crippen LogP contribution < -0.4 is 5.32 Å². The number of rotatable bonds is 6. The first-order valence-electron chi connectivity index (χ1n) is 7.73. The monoisotopic (exact) mass is 357 g/mol. The largest absolute Gasteiger partial charge is 0.381 e. The van der Waals surface area contributed by atoms with Crippen LogP contribution in [0.3, 0.4) is 0 Å². The average molecular weight is 358 g/mol. The number of benzene rings is 1. The summed E-state index contributed by atoms with van der Waals surface area (Å²) in [5.74, 6) is 0.455. The zero-order valence-corrected chi connectivity index (χ0v) is 14.5. The first-order valence-corrected chi connectivity index (χ1v) is 8.52. The zero-order chi connectivity index (χ0) is 15.3. The second-order valence-electron chi connectivity index (χ2n) is 6.64. The van der Waals surface area contributed by atoms with Gasteiger partial charge in [0.1, 0.15) is 5.82 Å². The summed E-state index contributed by atoms with van der Waals surface area (Å²) >= 11 is 3.38. The molecule has 2 nitrogen and oxygen atoms in total. The van der Waals surface area contributed by atoms with E-state index in [0.29, 0.717) is 5.92 Å². The molecule has 1 aliphatic rings. The van der Waals surface area contributed by atoms with Gasteiger partial charge in [-0.1, -0.05) is 29.8 Å². The predicted molar refractivity (Wildman–Crippen MR) is 88.0 cm³/mol. The Hall–Kier alpha value is -0.450. The molecule has 1 heterocycles. The second kappa shape index (κ2) is 7.70. The van der Waals surface area contributed by atoms with Gasteiger partial charge in [-0.3, -0.25) is 0 Å². The van der Waals surface area contributed by atoms with Crippen molar-refractivity contribution in [2.75, 3.05) is 26.3 Å². The van der Waals surface area contributed by atoms with Crippen molar-refractivity contribution in [3.63, 3.8) is 0 Å². The first kappa shape index (κ1) is 16.9. The predicted octanol–water partition coefficient (Wildman–Crippen LogP) is 4.17. The van der Waals surface area contributed by atoms with Gasteiger partial charge < -0.3 is 10.1 Å². The molecular formula is C17H25BrFNO. The number of nitrogens with one attached hydrogen (secondary N) is 1. The molecule has 0 radical (unpaired) electrons. The van der Waals surface area contributed by atoms with Crippen molar-refractivity contribution in [2.45, 2.75) is 33.1 Å². The lowest BCUT2D eigenvalue weighted by Gasteiger charge is -2.38. The van der Waals surface area contributed by atoms with Gasteiger partial charge in [0.2, 0.25) is 0 Å². The minimum atomic E-state index is -0.179. The SMILES string of the molecule is CC(C)CNCC1(Cc2cc(F)cc(Br)c2)CCCOC1. The maximum Gasteiger partial charge on any atom is 0.124 e. The molecule has 1 saturated heterocycles. The summed E-state index contributed by atoms with van der Waals surface area (Å²) in [5.41, 5.74) is 1.12. The van der Waals surface area contributed by atoms with Crippen LogP contribution in [0.4, 0.5) is 4.39 Å². The van der Waals surface area contributed by atoms with Gasteiger partial charge in [-0.05, 0) is 55.5 Å². The van der Waals surface area contributed by atoms with Crippen molar-refractivity contribution in [3.8, 4) is 0 Å². The Labute approximate surface area is 135 Å². The summed E-state index contributed by atoms with van der Waals surface area (Å²) in [5, 5.41) is 3.56. The van der Waals surface area contributed by atoms with Crippen molar-refractivity contribution >= 4 is 15.9 Å². The Morgan fingerprint density at radius 1 is 1.38 bits per heavy atom. The van der Waals surface area contributed by atoms with Gasteiger partial charge in [-0.15, -0.1) is 0 Å². The lowest BCUT2D eigenvalue weighted by Crippen LogP contribution is -2.43. The summed E-state index contributed by atoms with van der Waals surface area (Å²) < 4.78 is 20.1. The van der Waals surface area contributed by atoms with E-state index in [1.807, 2.05) is 6.07 Å². The van der Waals surface area contributed by atoms with Gasteiger partial charge in [0, 0.05) is 23.0 Å². The van der Waals surface area contributed by atoms with Gasteiger partial charge in [0.15, 0.2) is 0 Å². The molecule has 1 aromatic carbocycles. The Morgan fingerprint density at radius 2 is 2.19 bits per heavy atom. The second-order valence-corrected chi connectivity index (χ2v) is 7.55. The molecule has 2 rings (SSSR count). The van der Waals surface area contributed by atoms with Crippen molar-refractivity contribution < 1.29 is 9.13 Å². The summed E-state index contributed by atoms with van der Waals surface area (Å²) in [6.07, 6.45) is 3.07. The van der Waals surface area contributed by atoms with E-state index in [9.17, 15) is 4.39 Å². The molecule has 0 aliphatic carbocycles. The maximum atomic E-state index is 13.6. The molecule has 0 amide bonds. The van der Waals surface area contributed by atoms with Crippen LogP contribution in [0, 0.1) is 17.2 Å². The number of halogens is 2. The number of hydrogen-bond donors (Lipinski definition) is 1. The van der Waals surface area contributed by atoms with Crippen molar-refractivity contribution in [3.05, 3.63) is 34.1 Å². The molecule has 0 spiro atoms. The highest BCUT2D eigenvalue weighted by molar-refractivity contribution is 9.10. The lowest BCUT2D eigenvalue weighted by atomic mass is 9.77. The molecule has 1 N–H and O–H groups in total. The molecule has 0 aromatic heterocycles. The smallest absolute Gasteiger partial charge is 0.124 e. The van der Waals surface area contributed by atoms with Crippen LogP contribution >= 0.6 is 15.9 Å². The minimum Gasteiger partial charge on any atom is -0.381 e. The van der Waals surface area contributed by atoms with Crippen LogP contribution in [0.1, 0.15) is 32.3 Å². The van der Waals surface area contributed by atoms with E-state index >= 15 is 0 Å². The fourth-order valence-electron chi connectivity index (χ4n) is 3.02. The molecule has 1 aromatic rings. The molecule has 0 bridgehead atoms. The minimum absolute atomic E-state index is 0.0837. The highest BCUT2D eigenvalue weighted by Gasteiger charge is 2.33. The quantitative estimate of drug-likeness (QED) is 0.824. The summed E-state index contributed by atoms with van der Waals surface area (Å²) in [6, 6.07) is 5.16. The Bertz CT molecular complexity index is 438. The van der Waals surface area contributed by atoms with Gasteiger partial charge >= 0.3 is 0 Å². The van der Waals surface area contributed by atoms with Crippen molar-refractivity contribution in [2.24, 2.45) is 11.3 Å². The fourth-order valence-corrected chi connectivity index (χ4v) is 3.54. The third kappa shape index (κ3) is 5.35. The van der Waals surface area contributed by atoms with Crippen molar-refractivity contribution in [1.82, 2.24) is 5.32 Å². The van der Waals surface area contributed by atoms with E-state index in [0.717, 1.165) is 55.6 Å². The van der Waals surface area contributed by atoms with Gasteiger partial charge in [-0.2, -0.15) is 0 Å². The van der Waals surface area contributed by atoms with Gasteiger partial charge in [0.05, 0.1) is 6.61 Å². The third-order valence-corrected chi connectivity index (χ3v) is 4.42. The van der Waals surface area contributed by atoms with Gasteiger partial charge in [-0.25, -0.2) is 4.39 Å². The van der Waals surface area contributed by atoms with E-state index in [-0.39, 0.29) is 11.2 Å². The molecule has 1 aliphatic heterocycles. The molecule has 1 unspecified atom stereocenters. The van der Waals surface area contributed by atoms with Crippen LogP contribution in [-0.4, -0.2) is 26.3 Å². The molecular weight excluding hydrogens is 333 g/mol. The van der Waals surface area contributed by atoms with E-state index in [2.05, 4.69) is 35.1 Å². The Balaban J connectivity index is 2.07. The lowest BCUT2D eigenvalue weighted by molar-refractivity contribution is -0.00742. The molecule has 118 valence electrons. The molecule has 1 atom stereocenters. The number of hydrogen-bond acceptors (Lipinski definition) is 2. The fraction of sp³-hybridized carbons (Fsp3) is 0.647. The van der Waals surface area contributed by atoms with Crippen LogP contribution in [0.25, 0.3) is 0 Å². The normalized spacial score (nSPS) is 22.7. The standard InChI is InChI=1S/C17H25BrFNO/c1-13(2)10-20-11-17(4-3-5-21-12-17)9-14-6-15(18)8-16(19)7-14/h6-8,13,20H,3-5,9-12H2,1-2H3. The Morgan fingerprint density at radius 3 is 2.81 bits per heavy atom. The highest BCUT2D eigenvalue weighted by Crippen LogP contribution is 2.33.